The zero-order valence-electron chi connectivity index (χ0n) is 10.3. The molecule has 0 aromatic carbocycles. The fourth-order valence-electron chi connectivity index (χ4n) is 1.87. The summed E-state index contributed by atoms with van der Waals surface area (Å²) in [4.78, 5) is 21.4. The van der Waals surface area contributed by atoms with Crippen LogP contribution in [0.3, 0.4) is 0 Å². The average Bonchev–Trinajstić information content (AvgIpc) is 2.96. The maximum Gasteiger partial charge on any atom is 0.433 e. The third-order valence-corrected chi connectivity index (χ3v) is 3.21. The van der Waals surface area contributed by atoms with E-state index in [-0.39, 0.29) is 18.4 Å². The first-order valence-electron chi connectivity index (χ1n) is 5.79. The van der Waals surface area contributed by atoms with E-state index in [1.165, 1.54) is 6.07 Å². The van der Waals surface area contributed by atoms with E-state index in [2.05, 4.69) is 5.32 Å². The number of ether oxygens (including phenoxy) is 1. The van der Waals surface area contributed by atoms with E-state index in [0.717, 1.165) is 6.07 Å². The molecule has 2 rings (SSSR count). The Hall–Kier alpha value is -1.93. The minimum Gasteiger partial charge on any atom is -0.395 e. The van der Waals surface area contributed by atoms with Crippen LogP contribution in [-0.4, -0.2) is 40.8 Å². The molecular weight excluding hydrogens is 256 g/mol. The van der Waals surface area contributed by atoms with Crippen LogP contribution in [0.1, 0.15) is 23.9 Å². The molecule has 1 aromatic rings. The van der Waals surface area contributed by atoms with Crippen LogP contribution in [0, 0.1) is 10.1 Å². The van der Waals surface area contributed by atoms with Crippen molar-refractivity contribution in [2.45, 2.75) is 25.0 Å². The summed E-state index contributed by atoms with van der Waals surface area (Å²) in [7, 11) is 0. The van der Waals surface area contributed by atoms with Crippen LogP contribution in [0.4, 0.5) is 5.88 Å². The second-order valence-electron chi connectivity index (χ2n) is 4.44. The molecular formula is C11H14N2O6. The van der Waals surface area contributed by atoms with Crippen molar-refractivity contribution >= 4 is 11.8 Å². The SMILES string of the molecule is CC1OCCC1(O)CNC(=O)c1ccc([N+](=O)[O-])o1. The van der Waals surface area contributed by atoms with Crippen LogP contribution in [0.15, 0.2) is 16.5 Å². The molecule has 8 nitrogen and oxygen atoms in total. The number of aliphatic hydroxyl groups is 1. The van der Waals surface area contributed by atoms with Gasteiger partial charge in [0.2, 0.25) is 0 Å². The van der Waals surface area contributed by atoms with E-state index in [0.29, 0.717) is 13.0 Å². The fourth-order valence-corrected chi connectivity index (χ4v) is 1.87. The van der Waals surface area contributed by atoms with Crippen molar-refractivity contribution in [1.29, 1.82) is 0 Å². The Kier molecular flexibility index (Phi) is 3.54. The highest BCUT2D eigenvalue weighted by Gasteiger charge is 2.39. The molecule has 1 aromatic heterocycles. The third-order valence-electron chi connectivity index (χ3n) is 3.21. The minimum absolute atomic E-state index is 0.00149. The summed E-state index contributed by atoms with van der Waals surface area (Å²) < 4.78 is 9.99. The molecule has 1 aliphatic heterocycles. The van der Waals surface area contributed by atoms with Crippen molar-refractivity contribution in [2.24, 2.45) is 0 Å². The van der Waals surface area contributed by atoms with E-state index < -0.39 is 22.3 Å². The minimum atomic E-state index is -1.12. The number of furan rings is 1. The number of amides is 1. The fraction of sp³-hybridized carbons (Fsp3) is 0.545. The Balaban J connectivity index is 1.95. The molecule has 2 heterocycles. The van der Waals surface area contributed by atoms with Gasteiger partial charge < -0.3 is 19.6 Å². The Bertz CT molecular complexity index is 499. The molecule has 8 heteroatoms. The number of carbonyl (C=O) groups is 1. The molecule has 1 aliphatic rings. The van der Waals surface area contributed by atoms with Gasteiger partial charge in [-0.3, -0.25) is 14.9 Å². The second kappa shape index (κ2) is 4.98. The van der Waals surface area contributed by atoms with Gasteiger partial charge in [-0.25, -0.2) is 0 Å². The lowest BCUT2D eigenvalue weighted by molar-refractivity contribution is -0.402. The summed E-state index contributed by atoms with van der Waals surface area (Å²) in [6, 6.07) is 2.32. The maximum absolute atomic E-state index is 11.7. The number of hydrogen-bond acceptors (Lipinski definition) is 6. The molecule has 1 fully saturated rings. The molecule has 19 heavy (non-hydrogen) atoms. The van der Waals surface area contributed by atoms with Crippen molar-refractivity contribution in [3.05, 3.63) is 28.0 Å². The van der Waals surface area contributed by atoms with Crippen LogP contribution in [0.5, 0.6) is 0 Å². The molecule has 1 saturated heterocycles. The largest absolute Gasteiger partial charge is 0.433 e. The normalized spacial score (nSPS) is 26.3. The van der Waals surface area contributed by atoms with Gasteiger partial charge in [-0.15, -0.1) is 0 Å². The van der Waals surface area contributed by atoms with Crippen LogP contribution < -0.4 is 5.32 Å². The zero-order valence-corrected chi connectivity index (χ0v) is 10.3. The number of carbonyl (C=O) groups excluding carboxylic acids is 1. The molecule has 1 amide bonds. The van der Waals surface area contributed by atoms with Crippen LogP contribution in [0.2, 0.25) is 0 Å². The number of rotatable bonds is 4. The predicted octanol–water partition coefficient (Wildman–Crippen LogP) is 0.457. The molecule has 0 saturated carbocycles. The van der Waals surface area contributed by atoms with Gasteiger partial charge in [0, 0.05) is 19.6 Å². The Morgan fingerprint density at radius 2 is 2.42 bits per heavy atom. The van der Waals surface area contributed by atoms with Gasteiger partial charge in [0.15, 0.2) is 5.76 Å². The first-order chi connectivity index (χ1) is 8.92. The van der Waals surface area contributed by atoms with Crippen molar-refractivity contribution < 1.29 is 24.0 Å². The van der Waals surface area contributed by atoms with Crippen molar-refractivity contribution in [1.82, 2.24) is 5.32 Å². The number of nitro groups is 1. The van der Waals surface area contributed by atoms with Gasteiger partial charge in [0.25, 0.3) is 5.91 Å². The lowest BCUT2D eigenvalue weighted by Crippen LogP contribution is -2.47. The Labute approximate surface area is 108 Å². The predicted molar refractivity (Wildman–Crippen MR) is 62.7 cm³/mol. The van der Waals surface area contributed by atoms with Gasteiger partial charge in [-0.05, 0) is 13.0 Å². The molecule has 0 bridgehead atoms. The van der Waals surface area contributed by atoms with E-state index in [9.17, 15) is 20.0 Å². The van der Waals surface area contributed by atoms with Crippen LogP contribution >= 0.6 is 0 Å². The lowest BCUT2D eigenvalue weighted by Gasteiger charge is -2.25. The highest BCUT2D eigenvalue weighted by molar-refractivity contribution is 5.91. The van der Waals surface area contributed by atoms with Crippen molar-refractivity contribution in [3.8, 4) is 0 Å². The number of nitrogens with one attached hydrogen (secondary N) is 1. The second-order valence-corrected chi connectivity index (χ2v) is 4.44. The molecule has 104 valence electrons. The molecule has 2 N–H and O–H groups in total. The lowest BCUT2D eigenvalue weighted by atomic mass is 9.97. The maximum atomic E-state index is 11.7. The van der Waals surface area contributed by atoms with Crippen LogP contribution in [0.25, 0.3) is 0 Å². The topological polar surface area (TPSA) is 115 Å². The summed E-state index contributed by atoms with van der Waals surface area (Å²) in [6.45, 7) is 2.15. The first kappa shape index (κ1) is 13.5. The van der Waals surface area contributed by atoms with Crippen molar-refractivity contribution in [2.75, 3.05) is 13.2 Å². The summed E-state index contributed by atoms with van der Waals surface area (Å²) >= 11 is 0. The summed E-state index contributed by atoms with van der Waals surface area (Å²) in [5.74, 6) is -1.27. The Morgan fingerprint density at radius 1 is 1.68 bits per heavy atom. The molecule has 0 aliphatic carbocycles. The molecule has 0 spiro atoms. The van der Waals surface area contributed by atoms with E-state index in [4.69, 9.17) is 9.15 Å². The van der Waals surface area contributed by atoms with Gasteiger partial charge in [-0.1, -0.05) is 0 Å². The van der Waals surface area contributed by atoms with Gasteiger partial charge in [-0.2, -0.15) is 0 Å². The highest BCUT2D eigenvalue weighted by Crippen LogP contribution is 2.25. The van der Waals surface area contributed by atoms with Gasteiger partial charge in [0.05, 0.1) is 12.2 Å². The standard InChI is InChI=1S/C11H14N2O6/c1-7-11(15,4-5-18-7)6-12-10(14)8-2-3-9(19-8)13(16)17/h2-3,7,15H,4-6H2,1H3,(H,12,14). The van der Waals surface area contributed by atoms with E-state index in [1.54, 1.807) is 6.92 Å². The molecule has 0 radical (unpaired) electrons. The highest BCUT2D eigenvalue weighted by atomic mass is 16.6. The van der Waals surface area contributed by atoms with Crippen LogP contribution in [-0.2, 0) is 4.74 Å². The quantitative estimate of drug-likeness (QED) is 0.606. The zero-order chi connectivity index (χ0) is 14.0. The summed E-state index contributed by atoms with van der Waals surface area (Å²) in [6.07, 6.45) is 0.0472. The smallest absolute Gasteiger partial charge is 0.395 e. The van der Waals surface area contributed by atoms with Gasteiger partial charge in [0.1, 0.15) is 10.5 Å². The molecule has 2 atom stereocenters. The number of hydrogen-bond donors (Lipinski definition) is 2. The monoisotopic (exact) mass is 270 g/mol. The average molecular weight is 270 g/mol. The van der Waals surface area contributed by atoms with E-state index >= 15 is 0 Å². The Morgan fingerprint density at radius 3 is 2.95 bits per heavy atom. The number of nitrogens with zero attached hydrogens (tertiary/aromatic N) is 1. The van der Waals surface area contributed by atoms with Gasteiger partial charge >= 0.3 is 5.88 Å². The third kappa shape index (κ3) is 2.74. The summed E-state index contributed by atoms with van der Waals surface area (Å²) in [5, 5.41) is 23.1. The molecule has 2 unspecified atom stereocenters. The summed E-state index contributed by atoms with van der Waals surface area (Å²) in [5.41, 5.74) is -1.12. The van der Waals surface area contributed by atoms with Crippen molar-refractivity contribution in [3.63, 3.8) is 0 Å². The van der Waals surface area contributed by atoms with E-state index in [1.807, 2.05) is 0 Å². The first-order valence-corrected chi connectivity index (χ1v) is 5.79.